The van der Waals surface area contributed by atoms with E-state index < -0.39 is 4.92 Å². The summed E-state index contributed by atoms with van der Waals surface area (Å²) in [4.78, 5) is 27.6. The third-order valence-corrected chi connectivity index (χ3v) is 3.19. The van der Waals surface area contributed by atoms with Gasteiger partial charge in [0.2, 0.25) is 11.7 Å². The molecule has 1 unspecified atom stereocenters. The molecule has 0 radical (unpaired) electrons. The zero-order chi connectivity index (χ0) is 13.3. The summed E-state index contributed by atoms with van der Waals surface area (Å²) in [6.45, 7) is 4.02. The number of aromatic nitrogens is 1. The lowest BCUT2D eigenvalue weighted by Gasteiger charge is -2.14. The second-order valence-electron chi connectivity index (χ2n) is 3.96. The maximum absolute atomic E-state index is 11.8. The third kappa shape index (κ3) is 2.26. The number of halogens is 1. The molecule has 18 heavy (non-hydrogen) atoms. The topological polar surface area (TPSA) is 76.3 Å². The van der Waals surface area contributed by atoms with Gasteiger partial charge in [-0.25, -0.2) is 4.98 Å². The van der Waals surface area contributed by atoms with Crippen LogP contribution in [-0.2, 0) is 4.79 Å². The number of anilines is 1. The molecule has 1 aromatic heterocycles. The van der Waals surface area contributed by atoms with Crippen LogP contribution >= 0.6 is 15.9 Å². The van der Waals surface area contributed by atoms with Crippen LogP contribution in [0.5, 0.6) is 0 Å². The molecule has 1 fully saturated rings. The highest BCUT2D eigenvalue weighted by molar-refractivity contribution is 9.10. The van der Waals surface area contributed by atoms with E-state index in [2.05, 4.69) is 27.5 Å². The average molecular weight is 312 g/mol. The molecular formula is C11H10BrN3O3. The second-order valence-corrected chi connectivity index (χ2v) is 4.87. The van der Waals surface area contributed by atoms with Gasteiger partial charge in [0, 0.05) is 35.6 Å². The molecule has 1 amide bonds. The highest BCUT2D eigenvalue weighted by Gasteiger charge is 2.34. The Hall–Kier alpha value is -1.76. The predicted octanol–water partition coefficient (Wildman–Crippen LogP) is 2.29. The average Bonchev–Trinajstić information content (AvgIpc) is 2.70. The Morgan fingerprint density at radius 3 is 2.94 bits per heavy atom. The van der Waals surface area contributed by atoms with Gasteiger partial charge in [-0.1, -0.05) is 6.08 Å². The fourth-order valence-corrected chi connectivity index (χ4v) is 2.18. The molecule has 2 heterocycles. The van der Waals surface area contributed by atoms with Crippen molar-refractivity contribution in [3.8, 4) is 0 Å². The van der Waals surface area contributed by atoms with E-state index in [0.717, 1.165) is 0 Å². The summed E-state index contributed by atoms with van der Waals surface area (Å²) in [5.74, 6) is -0.0575. The molecule has 0 N–H and O–H groups in total. The second kappa shape index (κ2) is 4.85. The zero-order valence-corrected chi connectivity index (χ0v) is 11.0. The minimum absolute atomic E-state index is 0.0163. The van der Waals surface area contributed by atoms with Gasteiger partial charge in [-0.15, -0.1) is 6.58 Å². The number of rotatable bonds is 3. The number of nitrogens with zero attached hydrogens (tertiary/aromatic N) is 3. The molecule has 0 spiro atoms. The Kier molecular flexibility index (Phi) is 3.42. The monoisotopic (exact) mass is 311 g/mol. The molecule has 2 rings (SSSR count). The highest BCUT2D eigenvalue weighted by Crippen LogP contribution is 2.32. The van der Waals surface area contributed by atoms with Gasteiger partial charge < -0.3 is 0 Å². The number of carbonyl (C=O) groups excluding carboxylic acids is 1. The van der Waals surface area contributed by atoms with E-state index in [1.165, 1.54) is 17.2 Å². The molecule has 1 saturated heterocycles. The lowest BCUT2D eigenvalue weighted by Crippen LogP contribution is -2.26. The lowest BCUT2D eigenvalue weighted by atomic mass is 10.1. The molecule has 94 valence electrons. The van der Waals surface area contributed by atoms with Crippen molar-refractivity contribution in [1.29, 1.82) is 0 Å². The molecule has 6 nitrogen and oxygen atoms in total. The fourth-order valence-electron chi connectivity index (χ4n) is 1.86. The summed E-state index contributed by atoms with van der Waals surface area (Å²) in [5, 5.41) is 11.0. The molecule has 1 aliphatic heterocycles. The van der Waals surface area contributed by atoms with Crippen molar-refractivity contribution in [3.05, 3.63) is 39.5 Å². The van der Waals surface area contributed by atoms with Gasteiger partial charge in [0.15, 0.2) is 0 Å². The molecular weight excluding hydrogens is 302 g/mol. The largest absolute Gasteiger partial charge is 0.313 e. The molecule has 7 heteroatoms. The van der Waals surface area contributed by atoms with E-state index >= 15 is 0 Å². The first-order valence-electron chi connectivity index (χ1n) is 5.25. The van der Waals surface area contributed by atoms with Crippen molar-refractivity contribution in [2.75, 3.05) is 11.4 Å². The van der Waals surface area contributed by atoms with Crippen LogP contribution in [0.15, 0.2) is 29.4 Å². The van der Waals surface area contributed by atoms with Crippen molar-refractivity contribution in [2.45, 2.75) is 6.42 Å². The van der Waals surface area contributed by atoms with Gasteiger partial charge in [-0.05, 0) is 15.9 Å². The first kappa shape index (κ1) is 12.7. The van der Waals surface area contributed by atoms with E-state index in [4.69, 9.17) is 0 Å². The lowest BCUT2D eigenvalue weighted by molar-refractivity contribution is -0.384. The van der Waals surface area contributed by atoms with Crippen LogP contribution in [0.3, 0.4) is 0 Å². The molecule has 1 aliphatic rings. The van der Waals surface area contributed by atoms with Crippen LogP contribution < -0.4 is 4.90 Å². The van der Waals surface area contributed by atoms with Gasteiger partial charge in [0.25, 0.3) is 0 Å². The van der Waals surface area contributed by atoms with Crippen molar-refractivity contribution < 1.29 is 9.72 Å². The number of pyridine rings is 1. The number of carbonyl (C=O) groups is 1. The minimum atomic E-state index is -0.540. The molecule has 0 bridgehead atoms. The van der Waals surface area contributed by atoms with Crippen molar-refractivity contribution in [3.63, 3.8) is 0 Å². The normalized spacial score (nSPS) is 19.1. The molecule has 0 aromatic carbocycles. The van der Waals surface area contributed by atoms with E-state index in [-0.39, 0.29) is 23.3 Å². The minimum Gasteiger partial charge on any atom is -0.290 e. The fraction of sp³-hybridized carbons (Fsp3) is 0.273. The Morgan fingerprint density at radius 2 is 2.39 bits per heavy atom. The van der Waals surface area contributed by atoms with Crippen molar-refractivity contribution >= 4 is 33.3 Å². The number of hydrogen-bond acceptors (Lipinski definition) is 4. The van der Waals surface area contributed by atoms with Crippen molar-refractivity contribution in [2.24, 2.45) is 5.92 Å². The SMILES string of the molecule is C=CC1CC(=O)N(c2ncc(Br)cc2[N+](=O)[O-])C1. The quantitative estimate of drug-likeness (QED) is 0.487. The van der Waals surface area contributed by atoms with E-state index in [0.29, 0.717) is 17.4 Å². The van der Waals surface area contributed by atoms with Crippen LogP contribution in [0.25, 0.3) is 0 Å². The predicted molar refractivity (Wildman–Crippen MR) is 69.2 cm³/mol. The molecule has 1 aromatic rings. The zero-order valence-electron chi connectivity index (χ0n) is 9.38. The Balaban J connectivity index is 2.42. The summed E-state index contributed by atoms with van der Waals surface area (Å²) in [6, 6.07) is 1.34. The van der Waals surface area contributed by atoms with Gasteiger partial charge in [-0.2, -0.15) is 0 Å². The van der Waals surface area contributed by atoms with Crippen LogP contribution in [0.2, 0.25) is 0 Å². The molecule has 1 atom stereocenters. The number of amides is 1. The van der Waals surface area contributed by atoms with Crippen LogP contribution in [0, 0.1) is 16.0 Å². The van der Waals surface area contributed by atoms with Gasteiger partial charge in [-0.3, -0.25) is 19.8 Å². The van der Waals surface area contributed by atoms with Crippen molar-refractivity contribution in [1.82, 2.24) is 4.98 Å². The maximum atomic E-state index is 11.8. The summed E-state index contributed by atoms with van der Waals surface area (Å²) in [7, 11) is 0. The van der Waals surface area contributed by atoms with Crippen LogP contribution in [-0.4, -0.2) is 22.4 Å². The first-order chi connectivity index (χ1) is 8.52. The van der Waals surface area contributed by atoms with E-state index in [1.54, 1.807) is 6.08 Å². The summed E-state index contributed by atoms with van der Waals surface area (Å²) in [6.07, 6.45) is 3.44. The molecule has 0 saturated carbocycles. The first-order valence-corrected chi connectivity index (χ1v) is 6.05. The standard InChI is InChI=1S/C11H10BrN3O3/c1-2-7-3-10(16)14(6-7)11-9(15(17)18)4-8(12)5-13-11/h2,4-5,7H,1,3,6H2. The highest BCUT2D eigenvalue weighted by atomic mass is 79.9. The van der Waals surface area contributed by atoms with Gasteiger partial charge in [0.1, 0.15) is 0 Å². The Labute approximate surface area is 112 Å². The van der Waals surface area contributed by atoms with E-state index in [9.17, 15) is 14.9 Å². The Morgan fingerprint density at radius 1 is 1.67 bits per heavy atom. The smallest absolute Gasteiger partial charge is 0.290 e. The van der Waals surface area contributed by atoms with Gasteiger partial charge in [0.05, 0.1) is 4.92 Å². The maximum Gasteiger partial charge on any atom is 0.313 e. The van der Waals surface area contributed by atoms with Gasteiger partial charge >= 0.3 is 5.69 Å². The summed E-state index contributed by atoms with van der Waals surface area (Å²) >= 11 is 3.13. The van der Waals surface area contributed by atoms with Crippen LogP contribution in [0.4, 0.5) is 11.5 Å². The van der Waals surface area contributed by atoms with Crippen LogP contribution in [0.1, 0.15) is 6.42 Å². The number of nitro groups is 1. The molecule has 0 aliphatic carbocycles. The number of hydrogen-bond donors (Lipinski definition) is 0. The van der Waals surface area contributed by atoms with E-state index in [1.807, 2.05) is 0 Å². The summed E-state index contributed by atoms with van der Waals surface area (Å²) < 4.78 is 0.505. The Bertz CT molecular complexity index is 532. The summed E-state index contributed by atoms with van der Waals surface area (Å²) in [5.41, 5.74) is -0.178. The third-order valence-electron chi connectivity index (χ3n) is 2.75.